The lowest BCUT2D eigenvalue weighted by Crippen LogP contribution is -2.14. The fraction of sp³-hybridized carbons (Fsp3) is 0.250. The van der Waals surface area contributed by atoms with Crippen LogP contribution in [0.2, 0.25) is 0 Å². The normalized spacial score (nSPS) is 11.0. The highest BCUT2D eigenvalue weighted by atomic mass is 16.3. The van der Waals surface area contributed by atoms with E-state index in [1.54, 1.807) is 6.26 Å². The van der Waals surface area contributed by atoms with Crippen LogP contribution < -0.4 is 5.32 Å². The van der Waals surface area contributed by atoms with E-state index in [4.69, 9.17) is 4.42 Å². The van der Waals surface area contributed by atoms with Crippen molar-refractivity contribution >= 4 is 22.6 Å². The molecule has 3 heteroatoms. The fourth-order valence-corrected chi connectivity index (χ4v) is 2.72. The van der Waals surface area contributed by atoms with Gasteiger partial charge >= 0.3 is 0 Å². The Morgan fingerprint density at radius 3 is 2.48 bits per heavy atom. The fourth-order valence-electron chi connectivity index (χ4n) is 2.72. The van der Waals surface area contributed by atoms with Crippen LogP contribution >= 0.6 is 0 Å². The Labute approximate surface area is 136 Å². The van der Waals surface area contributed by atoms with Gasteiger partial charge in [-0.2, -0.15) is 0 Å². The van der Waals surface area contributed by atoms with E-state index >= 15 is 0 Å². The SMILES string of the molecule is Cc1ccc(NC(=O)Cc2coc3c(C)c(C)ccc23)cc1C. The van der Waals surface area contributed by atoms with Gasteiger partial charge in [0.1, 0.15) is 5.58 Å². The lowest BCUT2D eigenvalue weighted by molar-refractivity contribution is -0.115. The smallest absolute Gasteiger partial charge is 0.228 e. The second-order valence-electron chi connectivity index (χ2n) is 6.17. The minimum Gasteiger partial charge on any atom is -0.464 e. The molecule has 1 aromatic heterocycles. The topological polar surface area (TPSA) is 42.2 Å². The van der Waals surface area contributed by atoms with Crippen molar-refractivity contribution in [3.05, 3.63) is 64.4 Å². The Morgan fingerprint density at radius 1 is 1.00 bits per heavy atom. The maximum Gasteiger partial charge on any atom is 0.228 e. The number of benzene rings is 2. The maximum atomic E-state index is 12.3. The molecule has 0 atom stereocenters. The molecule has 3 nitrogen and oxygen atoms in total. The van der Waals surface area contributed by atoms with Crippen LogP contribution in [0.4, 0.5) is 5.69 Å². The van der Waals surface area contributed by atoms with Gasteiger partial charge in [-0.3, -0.25) is 4.79 Å². The standard InChI is InChI=1S/C20H21NO2/c1-12-5-7-17(9-14(12)3)21-19(22)10-16-11-23-20-15(4)13(2)6-8-18(16)20/h5-9,11H,10H2,1-4H3,(H,21,22). The Kier molecular flexibility index (Phi) is 3.95. The molecule has 0 fully saturated rings. The molecule has 0 aliphatic heterocycles. The van der Waals surface area contributed by atoms with E-state index in [9.17, 15) is 4.79 Å². The first kappa shape index (κ1) is 15.3. The van der Waals surface area contributed by atoms with Gasteiger partial charge in [-0.05, 0) is 62.1 Å². The third kappa shape index (κ3) is 3.00. The van der Waals surface area contributed by atoms with Gasteiger partial charge in [-0.1, -0.05) is 18.2 Å². The van der Waals surface area contributed by atoms with Crippen molar-refractivity contribution in [2.75, 3.05) is 5.32 Å². The van der Waals surface area contributed by atoms with Crippen LogP contribution in [0.5, 0.6) is 0 Å². The van der Waals surface area contributed by atoms with Gasteiger partial charge in [-0.15, -0.1) is 0 Å². The van der Waals surface area contributed by atoms with Crippen LogP contribution in [0.1, 0.15) is 27.8 Å². The Balaban J connectivity index is 1.80. The van der Waals surface area contributed by atoms with Crippen LogP contribution in [0.25, 0.3) is 11.0 Å². The van der Waals surface area contributed by atoms with Crippen molar-refractivity contribution in [2.45, 2.75) is 34.1 Å². The largest absolute Gasteiger partial charge is 0.464 e. The molecule has 1 N–H and O–H groups in total. The zero-order chi connectivity index (χ0) is 16.6. The third-order valence-electron chi connectivity index (χ3n) is 4.48. The first-order chi connectivity index (χ1) is 11.0. The first-order valence-electron chi connectivity index (χ1n) is 7.79. The van der Waals surface area contributed by atoms with Crippen molar-refractivity contribution in [3.8, 4) is 0 Å². The van der Waals surface area contributed by atoms with E-state index in [0.29, 0.717) is 6.42 Å². The molecule has 0 saturated heterocycles. The second kappa shape index (κ2) is 5.92. The average Bonchev–Trinajstić information content (AvgIpc) is 2.90. The van der Waals surface area contributed by atoms with E-state index < -0.39 is 0 Å². The zero-order valence-corrected chi connectivity index (χ0v) is 14.0. The van der Waals surface area contributed by atoms with Gasteiger partial charge < -0.3 is 9.73 Å². The summed E-state index contributed by atoms with van der Waals surface area (Å²) in [6, 6.07) is 10.0. The molecular formula is C20H21NO2. The number of nitrogens with one attached hydrogen (secondary N) is 1. The van der Waals surface area contributed by atoms with Crippen molar-refractivity contribution in [1.29, 1.82) is 0 Å². The van der Waals surface area contributed by atoms with Crippen LogP contribution in [0, 0.1) is 27.7 Å². The Bertz CT molecular complexity index is 890. The van der Waals surface area contributed by atoms with Crippen molar-refractivity contribution in [3.63, 3.8) is 0 Å². The molecule has 3 aromatic rings. The summed E-state index contributed by atoms with van der Waals surface area (Å²) in [7, 11) is 0. The minimum absolute atomic E-state index is 0.0332. The highest BCUT2D eigenvalue weighted by molar-refractivity contribution is 5.96. The summed E-state index contributed by atoms with van der Waals surface area (Å²) < 4.78 is 5.67. The summed E-state index contributed by atoms with van der Waals surface area (Å²) in [6.07, 6.45) is 2.00. The lowest BCUT2D eigenvalue weighted by Gasteiger charge is -2.07. The van der Waals surface area contributed by atoms with Gasteiger partial charge in [0.2, 0.25) is 5.91 Å². The molecular weight excluding hydrogens is 286 g/mol. The van der Waals surface area contributed by atoms with E-state index in [-0.39, 0.29) is 5.91 Å². The molecule has 0 aliphatic carbocycles. The molecule has 0 spiro atoms. The summed E-state index contributed by atoms with van der Waals surface area (Å²) in [5, 5.41) is 3.98. The summed E-state index contributed by atoms with van der Waals surface area (Å²) >= 11 is 0. The number of carbonyl (C=O) groups is 1. The van der Waals surface area contributed by atoms with Gasteiger partial charge in [0.05, 0.1) is 12.7 Å². The van der Waals surface area contributed by atoms with Gasteiger partial charge in [0, 0.05) is 16.6 Å². The number of amides is 1. The summed E-state index contributed by atoms with van der Waals surface area (Å²) in [4.78, 5) is 12.3. The van der Waals surface area contributed by atoms with Crippen molar-refractivity contribution in [1.82, 2.24) is 0 Å². The van der Waals surface area contributed by atoms with E-state index in [2.05, 4.69) is 25.2 Å². The average molecular weight is 307 g/mol. The van der Waals surface area contributed by atoms with Gasteiger partial charge in [0.15, 0.2) is 0 Å². The van der Waals surface area contributed by atoms with Crippen LogP contribution in [0.15, 0.2) is 41.0 Å². The van der Waals surface area contributed by atoms with Crippen molar-refractivity contribution in [2.24, 2.45) is 0 Å². The molecule has 118 valence electrons. The molecule has 0 radical (unpaired) electrons. The molecule has 1 heterocycles. The molecule has 0 aliphatic rings. The molecule has 0 saturated carbocycles. The number of fused-ring (bicyclic) bond motifs is 1. The van der Waals surface area contributed by atoms with Gasteiger partial charge in [0.25, 0.3) is 0 Å². The number of aryl methyl sites for hydroxylation is 4. The number of carbonyl (C=O) groups excluding carboxylic acids is 1. The Morgan fingerprint density at radius 2 is 1.74 bits per heavy atom. The van der Waals surface area contributed by atoms with Crippen molar-refractivity contribution < 1.29 is 9.21 Å². The van der Waals surface area contributed by atoms with E-state index in [0.717, 1.165) is 27.8 Å². The summed E-state index contributed by atoms with van der Waals surface area (Å²) in [5.74, 6) is -0.0332. The number of anilines is 1. The maximum absolute atomic E-state index is 12.3. The minimum atomic E-state index is -0.0332. The predicted octanol–water partition coefficient (Wildman–Crippen LogP) is 4.85. The lowest BCUT2D eigenvalue weighted by atomic mass is 10.0. The molecule has 1 amide bonds. The van der Waals surface area contributed by atoms with Crippen LogP contribution in [-0.4, -0.2) is 5.91 Å². The zero-order valence-electron chi connectivity index (χ0n) is 14.0. The summed E-state index contributed by atoms with van der Waals surface area (Å²) in [5.41, 5.74) is 7.33. The van der Waals surface area contributed by atoms with Gasteiger partial charge in [-0.25, -0.2) is 0 Å². The number of rotatable bonds is 3. The molecule has 0 bridgehead atoms. The first-order valence-corrected chi connectivity index (χ1v) is 7.79. The highest BCUT2D eigenvalue weighted by Crippen LogP contribution is 2.27. The molecule has 3 rings (SSSR count). The second-order valence-corrected chi connectivity index (χ2v) is 6.17. The number of furan rings is 1. The molecule has 2 aromatic carbocycles. The predicted molar refractivity (Wildman–Crippen MR) is 93.9 cm³/mol. The van der Waals surface area contributed by atoms with E-state index in [1.807, 2.05) is 38.1 Å². The highest BCUT2D eigenvalue weighted by Gasteiger charge is 2.13. The van der Waals surface area contributed by atoms with Crippen LogP contribution in [-0.2, 0) is 11.2 Å². The summed E-state index contributed by atoms with van der Waals surface area (Å²) in [6.45, 7) is 8.20. The van der Waals surface area contributed by atoms with Crippen LogP contribution in [0.3, 0.4) is 0 Å². The third-order valence-corrected chi connectivity index (χ3v) is 4.48. The number of hydrogen-bond donors (Lipinski definition) is 1. The monoisotopic (exact) mass is 307 g/mol. The quantitative estimate of drug-likeness (QED) is 0.751. The molecule has 23 heavy (non-hydrogen) atoms. The Hall–Kier alpha value is -2.55. The molecule has 0 unspecified atom stereocenters. The number of hydrogen-bond acceptors (Lipinski definition) is 2. The van der Waals surface area contributed by atoms with E-state index in [1.165, 1.54) is 16.7 Å².